The van der Waals surface area contributed by atoms with Crippen LogP contribution in [-0.2, 0) is 13.0 Å². The van der Waals surface area contributed by atoms with Crippen LogP contribution in [0.15, 0.2) is 18.5 Å². The second kappa shape index (κ2) is 5.43. The van der Waals surface area contributed by atoms with Gasteiger partial charge in [0.2, 0.25) is 0 Å². The number of hydrogen-bond acceptors (Lipinski definition) is 3. The number of hydrogen-bond donors (Lipinski definition) is 1. The molecule has 0 amide bonds. The molecule has 0 aliphatic carbocycles. The fraction of sp³-hybridized carbons (Fsp3) is 0.467. The van der Waals surface area contributed by atoms with Crippen LogP contribution >= 0.6 is 0 Å². The Balaban J connectivity index is 2.54. The quantitative estimate of drug-likeness (QED) is 0.917. The molecule has 0 atom stereocenters. The van der Waals surface area contributed by atoms with Crippen molar-refractivity contribution in [3.05, 3.63) is 29.8 Å². The third kappa shape index (κ3) is 2.62. The molecule has 0 spiro atoms. The first kappa shape index (κ1) is 13.6. The Bertz CT molecular complexity index is 570. The Morgan fingerprint density at radius 1 is 1.37 bits per heavy atom. The van der Waals surface area contributed by atoms with Gasteiger partial charge in [0.15, 0.2) is 0 Å². The van der Waals surface area contributed by atoms with E-state index in [4.69, 9.17) is 10.7 Å². The molecule has 0 fully saturated rings. The number of imidazole rings is 1. The SMILES string of the molecule is CCc1nc(-c2cnccc2C)c(N)n1CC(C)C. The lowest BCUT2D eigenvalue weighted by Gasteiger charge is -2.11. The highest BCUT2D eigenvalue weighted by Gasteiger charge is 2.17. The van der Waals surface area contributed by atoms with Crippen LogP contribution in [0.5, 0.6) is 0 Å². The van der Waals surface area contributed by atoms with Gasteiger partial charge in [-0.2, -0.15) is 0 Å². The highest BCUT2D eigenvalue weighted by atomic mass is 15.1. The molecule has 0 saturated heterocycles. The number of aryl methyl sites for hydroxylation is 2. The zero-order chi connectivity index (χ0) is 14.0. The van der Waals surface area contributed by atoms with Crippen LogP contribution < -0.4 is 5.73 Å². The van der Waals surface area contributed by atoms with Crippen molar-refractivity contribution < 1.29 is 0 Å². The molecular weight excluding hydrogens is 236 g/mol. The normalized spacial score (nSPS) is 11.2. The van der Waals surface area contributed by atoms with Crippen molar-refractivity contribution in [1.29, 1.82) is 0 Å². The largest absolute Gasteiger partial charge is 0.383 e. The van der Waals surface area contributed by atoms with Gasteiger partial charge >= 0.3 is 0 Å². The van der Waals surface area contributed by atoms with Gasteiger partial charge in [-0.15, -0.1) is 0 Å². The lowest BCUT2D eigenvalue weighted by atomic mass is 10.1. The predicted molar refractivity (Wildman–Crippen MR) is 78.8 cm³/mol. The zero-order valence-corrected chi connectivity index (χ0v) is 12.1. The fourth-order valence-electron chi connectivity index (χ4n) is 2.26. The highest BCUT2D eigenvalue weighted by Crippen LogP contribution is 2.29. The molecule has 4 nitrogen and oxygen atoms in total. The Morgan fingerprint density at radius 3 is 2.68 bits per heavy atom. The van der Waals surface area contributed by atoms with E-state index in [-0.39, 0.29) is 0 Å². The van der Waals surface area contributed by atoms with E-state index in [9.17, 15) is 0 Å². The number of anilines is 1. The molecule has 0 aromatic carbocycles. The summed E-state index contributed by atoms with van der Waals surface area (Å²) in [6, 6.07) is 1.99. The van der Waals surface area contributed by atoms with E-state index in [0.717, 1.165) is 41.4 Å². The summed E-state index contributed by atoms with van der Waals surface area (Å²) in [5, 5.41) is 0. The van der Waals surface area contributed by atoms with Crippen LogP contribution in [0.25, 0.3) is 11.3 Å². The highest BCUT2D eigenvalue weighted by molar-refractivity contribution is 5.72. The van der Waals surface area contributed by atoms with Gasteiger partial charge in [-0.05, 0) is 24.5 Å². The predicted octanol–water partition coefficient (Wildman–Crippen LogP) is 3.05. The first-order valence-corrected chi connectivity index (χ1v) is 6.80. The van der Waals surface area contributed by atoms with Crippen molar-refractivity contribution in [2.24, 2.45) is 5.92 Å². The van der Waals surface area contributed by atoms with Crippen molar-refractivity contribution in [1.82, 2.24) is 14.5 Å². The molecule has 0 bridgehead atoms. The number of aromatic nitrogens is 3. The molecular formula is C15H22N4. The topological polar surface area (TPSA) is 56.7 Å². The van der Waals surface area contributed by atoms with Gasteiger partial charge in [-0.25, -0.2) is 4.98 Å². The maximum absolute atomic E-state index is 6.30. The third-order valence-electron chi connectivity index (χ3n) is 3.24. The van der Waals surface area contributed by atoms with E-state index < -0.39 is 0 Å². The summed E-state index contributed by atoms with van der Waals surface area (Å²) in [6.45, 7) is 9.45. The molecule has 2 aromatic rings. The Hall–Kier alpha value is -1.84. The molecule has 2 aromatic heterocycles. The molecule has 19 heavy (non-hydrogen) atoms. The number of rotatable bonds is 4. The maximum Gasteiger partial charge on any atom is 0.131 e. The maximum atomic E-state index is 6.30. The third-order valence-corrected chi connectivity index (χ3v) is 3.24. The molecule has 2 N–H and O–H groups in total. The van der Waals surface area contributed by atoms with E-state index in [0.29, 0.717) is 5.92 Å². The van der Waals surface area contributed by atoms with Crippen molar-refractivity contribution in [2.45, 2.75) is 40.7 Å². The number of nitrogens with zero attached hydrogens (tertiary/aromatic N) is 3. The van der Waals surface area contributed by atoms with E-state index in [1.165, 1.54) is 0 Å². The Morgan fingerprint density at radius 2 is 2.11 bits per heavy atom. The van der Waals surface area contributed by atoms with E-state index in [2.05, 4.69) is 37.2 Å². The minimum absolute atomic E-state index is 0.546. The second-order valence-electron chi connectivity index (χ2n) is 5.31. The molecule has 0 saturated carbocycles. The van der Waals surface area contributed by atoms with Gasteiger partial charge in [-0.1, -0.05) is 20.8 Å². The van der Waals surface area contributed by atoms with E-state index in [1.54, 1.807) is 6.20 Å². The van der Waals surface area contributed by atoms with Gasteiger partial charge in [0, 0.05) is 30.9 Å². The van der Waals surface area contributed by atoms with Crippen LogP contribution in [0.4, 0.5) is 5.82 Å². The fourth-order valence-corrected chi connectivity index (χ4v) is 2.26. The van der Waals surface area contributed by atoms with E-state index >= 15 is 0 Å². The van der Waals surface area contributed by atoms with Gasteiger partial charge in [0.25, 0.3) is 0 Å². The van der Waals surface area contributed by atoms with Crippen LogP contribution in [0.2, 0.25) is 0 Å². The number of nitrogens with two attached hydrogens (primary N) is 1. The number of nitrogen functional groups attached to an aromatic ring is 1. The molecule has 4 heteroatoms. The smallest absolute Gasteiger partial charge is 0.131 e. The standard InChI is InChI=1S/C15H22N4/c1-5-13-18-14(12-8-17-7-6-11(12)4)15(16)19(13)9-10(2)3/h6-8,10H,5,9,16H2,1-4H3. The average molecular weight is 258 g/mol. The summed E-state index contributed by atoms with van der Waals surface area (Å²) < 4.78 is 2.13. The minimum Gasteiger partial charge on any atom is -0.383 e. The first-order chi connectivity index (χ1) is 9.04. The summed E-state index contributed by atoms with van der Waals surface area (Å²) in [4.78, 5) is 8.89. The summed E-state index contributed by atoms with van der Waals surface area (Å²) >= 11 is 0. The molecule has 2 heterocycles. The van der Waals surface area contributed by atoms with Crippen LogP contribution in [-0.4, -0.2) is 14.5 Å². The summed E-state index contributed by atoms with van der Waals surface area (Å²) in [5.41, 5.74) is 9.34. The molecule has 0 aliphatic rings. The van der Waals surface area contributed by atoms with Crippen molar-refractivity contribution in [3.63, 3.8) is 0 Å². The summed E-state index contributed by atoms with van der Waals surface area (Å²) in [5.74, 6) is 2.34. The van der Waals surface area contributed by atoms with Gasteiger partial charge in [-0.3, -0.25) is 4.98 Å². The lowest BCUT2D eigenvalue weighted by molar-refractivity contribution is 0.513. The lowest BCUT2D eigenvalue weighted by Crippen LogP contribution is -2.11. The summed E-state index contributed by atoms with van der Waals surface area (Å²) in [7, 11) is 0. The van der Waals surface area contributed by atoms with E-state index in [1.807, 2.05) is 12.3 Å². The summed E-state index contributed by atoms with van der Waals surface area (Å²) in [6.07, 6.45) is 4.52. The van der Waals surface area contributed by atoms with Crippen molar-refractivity contribution >= 4 is 5.82 Å². The molecule has 0 unspecified atom stereocenters. The monoisotopic (exact) mass is 258 g/mol. The molecule has 0 radical (unpaired) electrons. The second-order valence-corrected chi connectivity index (χ2v) is 5.31. The molecule has 0 aliphatic heterocycles. The average Bonchev–Trinajstić information content (AvgIpc) is 2.67. The van der Waals surface area contributed by atoms with Gasteiger partial charge in [0.05, 0.1) is 0 Å². The Kier molecular flexibility index (Phi) is 3.88. The van der Waals surface area contributed by atoms with Crippen molar-refractivity contribution in [2.75, 3.05) is 5.73 Å². The van der Waals surface area contributed by atoms with Crippen LogP contribution in [0.1, 0.15) is 32.2 Å². The first-order valence-electron chi connectivity index (χ1n) is 6.80. The van der Waals surface area contributed by atoms with Crippen LogP contribution in [0.3, 0.4) is 0 Å². The Labute approximate surface area is 114 Å². The van der Waals surface area contributed by atoms with Crippen molar-refractivity contribution in [3.8, 4) is 11.3 Å². The minimum atomic E-state index is 0.546. The van der Waals surface area contributed by atoms with Gasteiger partial charge < -0.3 is 10.3 Å². The molecule has 2 rings (SSSR count). The van der Waals surface area contributed by atoms with Gasteiger partial charge in [0.1, 0.15) is 17.3 Å². The molecule has 102 valence electrons. The number of pyridine rings is 1. The van der Waals surface area contributed by atoms with Crippen LogP contribution in [0, 0.1) is 12.8 Å². The zero-order valence-electron chi connectivity index (χ0n) is 12.1.